The summed E-state index contributed by atoms with van der Waals surface area (Å²) in [6, 6.07) is 6.85. The van der Waals surface area contributed by atoms with Crippen LogP contribution in [0.15, 0.2) is 28.8 Å². The van der Waals surface area contributed by atoms with Gasteiger partial charge in [-0.2, -0.15) is 0 Å². The minimum Gasteiger partial charge on any atom is -0.397 e. The summed E-state index contributed by atoms with van der Waals surface area (Å²) in [7, 11) is 1.89. The van der Waals surface area contributed by atoms with Crippen molar-refractivity contribution in [2.45, 2.75) is 13.5 Å². The highest BCUT2D eigenvalue weighted by Gasteiger charge is 2.10. The summed E-state index contributed by atoms with van der Waals surface area (Å²) in [6.45, 7) is 2.41. The molecule has 6 heteroatoms. The molecule has 0 spiro atoms. The van der Waals surface area contributed by atoms with Crippen LogP contribution in [0.4, 0.5) is 11.4 Å². The Hall–Kier alpha value is -2.50. The van der Waals surface area contributed by atoms with Crippen LogP contribution in [0.5, 0.6) is 0 Å². The summed E-state index contributed by atoms with van der Waals surface area (Å²) in [5.41, 5.74) is 13.7. The summed E-state index contributed by atoms with van der Waals surface area (Å²) in [5, 5.41) is 3.93. The van der Waals surface area contributed by atoms with Crippen LogP contribution in [0.25, 0.3) is 0 Å². The third kappa shape index (κ3) is 2.85. The van der Waals surface area contributed by atoms with E-state index < -0.39 is 5.91 Å². The SMILES string of the molecule is Cc1cc(CN(C)c2ccc(C(N)=O)cc2N)no1. The van der Waals surface area contributed by atoms with Crippen LogP contribution in [-0.4, -0.2) is 18.1 Å². The van der Waals surface area contributed by atoms with E-state index in [1.165, 1.54) is 0 Å². The summed E-state index contributed by atoms with van der Waals surface area (Å²) in [6.07, 6.45) is 0. The lowest BCUT2D eigenvalue weighted by molar-refractivity contribution is 0.100. The average molecular weight is 260 g/mol. The summed E-state index contributed by atoms with van der Waals surface area (Å²) >= 11 is 0. The highest BCUT2D eigenvalue weighted by molar-refractivity contribution is 5.94. The Balaban J connectivity index is 2.19. The summed E-state index contributed by atoms with van der Waals surface area (Å²) in [5.74, 6) is 0.272. The minimum absolute atomic E-state index is 0.395. The van der Waals surface area contributed by atoms with Crippen LogP contribution in [0.1, 0.15) is 21.8 Å². The van der Waals surface area contributed by atoms with E-state index in [2.05, 4.69) is 5.16 Å². The molecule has 0 bridgehead atoms. The van der Waals surface area contributed by atoms with Gasteiger partial charge in [0, 0.05) is 18.7 Å². The first-order valence-electron chi connectivity index (χ1n) is 5.80. The van der Waals surface area contributed by atoms with Crippen LogP contribution >= 0.6 is 0 Å². The predicted octanol–water partition coefficient (Wildman–Crippen LogP) is 1.30. The molecule has 0 fully saturated rings. The zero-order valence-electron chi connectivity index (χ0n) is 10.9. The Bertz CT molecular complexity index is 606. The van der Waals surface area contributed by atoms with Gasteiger partial charge in [-0.25, -0.2) is 0 Å². The molecule has 2 aromatic rings. The molecule has 0 saturated heterocycles. The molecule has 1 heterocycles. The van der Waals surface area contributed by atoms with E-state index in [-0.39, 0.29) is 0 Å². The molecule has 0 atom stereocenters. The fourth-order valence-electron chi connectivity index (χ4n) is 1.88. The van der Waals surface area contributed by atoms with Crippen LogP contribution in [0.3, 0.4) is 0 Å². The zero-order chi connectivity index (χ0) is 14.0. The molecule has 19 heavy (non-hydrogen) atoms. The van der Waals surface area contributed by atoms with Crippen molar-refractivity contribution in [3.8, 4) is 0 Å². The summed E-state index contributed by atoms with van der Waals surface area (Å²) in [4.78, 5) is 13.0. The van der Waals surface area contributed by atoms with E-state index in [1.807, 2.05) is 24.9 Å². The van der Waals surface area contributed by atoms with Crippen molar-refractivity contribution in [3.63, 3.8) is 0 Å². The molecule has 1 aromatic heterocycles. The van der Waals surface area contributed by atoms with E-state index in [1.54, 1.807) is 18.2 Å². The number of nitrogens with zero attached hydrogens (tertiary/aromatic N) is 2. The first-order chi connectivity index (χ1) is 8.97. The van der Waals surface area contributed by atoms with Crippen molar-refractivity contribution in [3.05, 3.63) is 41.3 Å². The first kappa shape index (κ1) is 12.9. The maximum atomic E-state index is 11.1. The molecule has 6 nitrogen and oxygen atoms in total. The largest absolute Gasteiger partial charge is 0.397 e. The van der Waals surface area contributed by atoms with Crippen molar-refractivity contribution in [2.24, 2.45) is 5.73 Å². The van der Waals surface area contributed by atoms with Gasteiger partial charge in [0.1, 0.15) is 11.5 Å². The molecule has 0 unspecified atom stereocenters. The van der Waals surface area contributed by atoms with E-state index in [0.29, 0.717) is 17.8 Å². The molecular formula is C13H16N4O2. The van der Waals surface area contributed by atoms with Crippen LogP contribution in [0.2, 0.25) is 0 Å². The van der Waals surface area contributed by atoms with Crippen molar-refractivity contribution in [1.29, 1.82) is 0 Å². The number of hydrogen-bond acceptors (Lipinski definition) is 5. The number of rotatable bonds is 4. The number of benzene rings is 1. The molecule has 100 valence electrons. The number of carbonyl (C=O) groups excluding carboxylic acids is 1. The number of aromatic nitrogens is 1. The maximum Gasteiger partial charge on any atom is 0.248 e. The van der Waals surface area contributed by atoms with Gasteiger partial charge in [-0.15, -0.1) is 0 Å². The minimum atomic E-state index is -0.493. The Kier molecular flexibility index (Phi) is 3.41. The molecule has 0 radical (unpaired) electrons. The highest BCUT2D eigenvalue weighted by Crippen LogP contribution is 2.24. The van der Waals surface area contributed by atoms with Gasteiger partial charge in [-0.3, -0.25) is 4.79 Å². The fraction of sp³-hybridized carbons (Fsp3) is 0.231. The van der Waals surface area contributed by atoms with E-state index >= 15 is 0 Å². The predicted molar refractivity (Wildman–Crippen MR) is 72.7 cm³/mol. The first-order valence-corrected chi connectivity index (χ1v) is 5.80. The van der Waals surface area contributed by atoms with Crippen LogP contribution in [0, 0.1) is 6.92 Å². The van der Waals surface area contributed by atoms with Crippen molar-refractivity contribution in [1.82, 2.24) is 5.16 Å². The van der Waals surface area contributed by atoms with Gasteiger partial charge < -0.3 is 20.9 Å². The van der Waals surface area contributed by atoms with Gasteiger partial charge in [-0.1, -0.05) is 5.16 Å². The molecule has 0 aliphatic rings. The van der Waals surface area contributed by atoms with E-state index in [9.17, 15) is 4.79 Å². The number of hydrogen-bond donors (Lipinski definition) is 2. The third-order valence-electron chi connectivity index (χ3n) is 2.80. The van der Waals surface area contributed by atoms with Gasteiger partial charge in [0.15, 0.2) is 0 Å². The topological polar surface area (TPSA) is 98.4 Å². The Morgan fingerprint density at radius 2 is 2.16 bits per heavy atom. The molecule has 1 aromatic carbocycles. The smallest absolute Gasteiger partial charge is 0.248 e. The van der Waals surface area contributed by atoms with Gasteiger partial charge >= 0.3 is 0 Å². The molecule has 0 aliphatic carbocycles. The number of anilines is 2. The monoisotopic (exact) mass is 260 g/mol. The van der Waals surface area contributed by atoms with Gasteiger partial charge in [0.2, 0.25) is 5.91 Å². The molecular weight excluding hydrogens is 244 g/mol. The second-order valence-electron chi connectivity index (χ2n) is 4.42. The van der Waals surface area contributed by atoms with Gasteiger partial charge in [0.05, 0.1) is 17.9 Å². The van der Waals surface area contributed by atoms with E-state index in [0.717, 1.165) is 17.1 Å². The normalized spacial score (nSPS) is 10.4. The Morgan fingerprint density at radius 3 is 2.68 bits per heavy atom. The van der Waals surface area contributed by atoms with Crippen molar-refractivity contribution in [2.75, 3.05) is 17.7 Å². The molecule has 0 saturated carbocycles. The number of aryl methyl sites for hydroxylation is 1. The lowest BCUT2D eigenvalue weighted by atomic mass is 10.1. The fourth-order valence-corrected chi connectivity index (χ4v) is 1.88. The second-order valence-corrected chi connectivity index (χ2v) is 4.42. The standard InChI is InChI=1S/C13H16N4O2/c1-8-5-10(16-19-8)7-17(2)12-4-3-9(13(15)18)6-11(12)14/h3-6H,7,14H2,1-2H3,(H2,15,18). The average Bonchev–Trinajstić information content (AvgIpc) is 2.74. The maximum absolute atomic E-state index is 11.1. The van der Waals surface area contributed by atoms with Gasteiger partial charge in [0.25, 0.3) is 0 Å². The summed E-state index contributed by atoms with van der Waals surface area (Å²) < 4.78 is 5.01. The number of primary amides is 1. The van der Waals surface area contributed by atoms with E-state index in [4.69, 9.17) is 16.0 Å². The quantitative estimate of drug-likeness (QED) is 0.807. The molecule has 0 aliphatic heterocycles. The van der Waals surface area contributed by atoms with Crippen LogP contribution in [-0.2, 0) is 6.54 Å². The van der Waals surface area contributed by atoms with Gasteiger partial charge in [-0.05, 0) is 25.1 Å². The molecule has 1 amide bonds. The lowest BCUT2D eigenvalue weighted by Crippen LogP contribution is -2.19. The highest BCUT2D eigenvalue weighted by atomic mass is 16.5. The van der Waals surface area contributed by atoms with Crippen molar-refractivity contribution < 1.29 is 9.32 Å². The van der Waals surface area contributed by atoms with Crippen molar-refractivity contribution >= 4 is 17.3 Å². The second kappa shape index (κ2) is 5.01. The Morgan fingerprint density at radius 1 is 1.42 bits per heavy atom. The number of nitrogen functional groups attached to an aromatic ring is 1. The molecule has 2 rings (SSSR count). The number of carbonyl (C=O) groups is 1. The Labute approximate surface area is 111 Å². The third-order valence-corrected chi connectivity index (χ3v) is 2.80. The van der Waals surface area contributed by atoms with Crippen LogP contribution < -0.4 is 16.4 Å². The molecule has 4 N–H and O–H groups in total. The number of nitrogens with two attached hydrogens (primary N) is 2. The lowest BCUT2D eigenvalue weighted by Gasteiger charge is -2.20. The zero-order valence-corrected chi connectivity index (χ0v) is 10.9. The number of amides is 1.